The van der Waals surface area contributed by atoms with Crippen molar-refractivity contribution in [3.8, 4) is 6.07 Å². The molecule has 2 aromatic heterocycles. The van der Waals surface area contributed by atoms with Crippen molar-refractivity contribution in [1.29, 1.82) is 5.26 Å². The zero-order chi connectivity index (χ0) is 18.1. The number of nitrogens with zero attached hydrogens (tertiary/aromatic N) is 5. The Morgan fingerprint density at radius 2 is 2.11 bits per heavy atom. The van der Waals surface area contributed by atoms with Gasteiger partial charge in [0.2, 0.25) is 0 Å². The number of aromatic amines is 1. The van der Waals surface area contributed by atoms with Crippen molar-refractivity contribution in [3.63, 3.8) is 0 Å². The van der Waals surface area contributed by atoms with E-state index in [1.807, 2.05) is 40.9 Å². The first kappa shape index (κ1) is 19.1. The van der Waals surface area contributed by atoms with Crippen LogP contribution in [-0.4, -0.2) is 38.8 Å². The van der Waals surface area contributed by atoms with Gasteiger partial charge >= 0.3 is 6.03 Å². The molecule has 1 aliphatic rings. The maximum atomic E-state index is 12.6. The van der Waals surface area contributed by atoms with Crippen molar-refractivity contribution in [3.05, 3.63) is 54.3 Å². The number of carbonyl (C=O) groups is 1. The number of hydrogen-bond donors (Lipinski definition) is 1. The number of rotatable bonds is 1. The van der Waals surface area contributed by atoms with Crippen LogP contribution in [0, 0.1) is 11.3 Å². The number of nitriles is 1. The number of benzene rings is 1. The lowest BCUT2D eigenvalue weighted by Crippen LogP contribution is -3.00. The van der Waals surface area contributed by atoms with Crippen molar-refractivity contribution >= 4 is 22.5 Å². The number of likely N-dealkylation sites (tertiary alicyclic amines) is 1. The minimum Gasteiger partial charge on any atom is -1.00 e. The monoisotopic (exact) mass is 474 g/mol. The van der Waals surface area contributed by atoms with Gasteiger partial charge in [-0.25, -0.2) is 9.36 Å². The van der Waals surface area contributed by atoms with E-state index in [4.69, 9.17) is 0 Å². The molecule has 3 heterocycles. The second kappa shape index (κ2) is 7.92. The van der Waals surface area contributed by atoms with Crippen LogP contribution in [0.2, 0.25) is 0 Å². The van der Waals surface area contributed by atoms with Crippen molar-refractivity contribution in [1.82, 2.24) is 19.7 Å². The van der Waals surface area contributed by atoms with Crippen molar-refractivity contribution in [2.24, 2.45) is 7.05 Å². The second-order valence-electron chi connectivity index (χ2n) is 6.48. The number of piperidine rings is 1. The molecule has 4 rings (SSSR count). The third-order valence-electron chi connectivity index (χ3n) is 4.85. The lowest BCUT2D eigenvalue weighted by Gasteiger charge is -2.27. The first-order valence-electron chi connectivity index (χ1n) is 8.54. The van der Waals surface area contributed by atoms with Gasteiger partial charge in [0.25, 0.3) is 6.33 Å². The molecule has 1 N–H and O–H groups in total. The number of imidazole rings is 1. The summed E-state index contributed by atoms with van der Waals surface area (Å²) in [5.41, 5.74) is 3.63. The van der Waals surface area contributed by atoms with Gasteiger partial charge in [-0.1, -0.05) is 12.1 Å². The van der Waals surface area contributed by atoms with Crippen molar-refractivity contribution in [2.75, 3.05) is 13.1 Å². The molecule has 0 bridgehead atoms. The predicted octanol–water partition coefficient (Wildman–Crippen LogP) is -0.766. The van der Waals surface area contributed by atoms with Gasteiger partial charge in [0.05, 0.1) is 30.4 Å². The molecule has 0 radical (unpaired) electrons. The highest BCUT2D eigenvalue weighted by Gasteiger charge is 2.26. The first-order valence-corrected chi connectivity index (χ1v) is 8.54. The molecule has 0 unspecified atom stereocenters. The van der Waals surface area contributed by atoms with E-state index in [1.54, 1.807) is 23.3 Å². The van der Waals surface area contributed by atoms with E-state index in [9.17, 15) is 10.1 Å². The summed E-state index contributed by atoms with van der Waals surface area (Å²) in [6, 6.07) is 8.18. The third-order valence-corrected chi connectivity index (χ3v) is 4.85. The van der Waals surface area contributed by atoms with Gasteiger partial charge in [-0.3, -0.25) is 5.10 Å². The molecule has 27 heavy (non-hydrogen) atoms. The van der Waals surface area contributed by atoms with E-state index in [2.05, 4.69) is 16.3 Å². The summed E-state index contributed by atoms with van der Waals surface area (Å²) >= 11 is 0. The molecular formula is C19H19IN6O. The van der Waals surface area contributed by atoms with E-state index in [0.29, 0.717) is 31.5 Å². The number of nitrogens with one attached hydrogen (secondary N) is 1. The Labute approximate surface area is 173 Å². The molecule has 8 heteroatoms. The average molecular weight is 474 g/mol. The topological polar surface area (TPSA) is 81.6 Å². The summed E-state index contributed by atoms with van der Waals surface area (Å²) in [4.78, 5) is 14.4. The van der Waals surface area contributed by atoms with Crippen LogP contribution < -0.4 is 28.5 Å². The van der Waals surface area contributed by atoms with Gasteiger partial charge in [0, 0.05) is 24.0 Å². The lowest BCUT2D eigenvalue weighted by molar-refractivity contribution is -0.670. The minimum absolute atomic E-state index is 0. The standard InChI is InChI=1S/C19H19N6O.HI/c1-23-9-10-25(13-23)19(26)24-7-5-14(6-8-24)16(11-20)15-3-2-4-18-17(15)12-21-22-18;/h2-4,9-10,12-13H,5-8H2,1H3,(H,21,22);1H/q+1;/p-1. The highest BCUT2D eigenvalue weighted by Crippen LogP contribution is 2.30. The molecule has 0 atom stereocenters. The summed E-state index contributed by atoms with van der Waals surface area (Å²) in [6.45, 7) is 1.23. The molecule has 1 saturated heterocycles. The Bertz CT molecular complexity index is 1050. The van der Waals surface area contributed by atoms with Crippen LogP contribution in [-0.2, 0) is 7.05 Å². The quantitative estimate of drug-likeness (QED) is 0.286. The van der Waals surface area contributed by atoms with Crippen molar-refractivity contribution in [2.45, 2.75) is 12.8 Å². The van der Waals surface area contributed by atoms with Gasteiger partial charge in [0.1, 0.15) is 12.4 Å². The van der Waals surface area contributed by atoms with E-state index in [0.717, 1.165) is 22.0 Å². The molecule has 0 spiro atoms. The Balaban J connectivity index is 0.00000210. The number of aryl methyl sites for hydroxylation is 1. The fourth-order valence-electron chi connectivity index (χ4n) is 3.46. The Hall–Kier alpha value is -2.67. The number of carbonyl (C=O) groups excluding carboxylic acids is 1. The molecule has 1 aromatic carbocycles. The predicted molar refractivity (Wildman–Crippen MR) is 95.8 cm³/mol. The fourth-order valence-corrected chi connectivity index (χ4v) is 3.46. The molecule has 3 aromatic rings. The number of hydrogen-bond acceptors (Lipinski definition) is 3. The van der Waals surface area contributed by atoms with E-state index >= 15 is 0 Å². The zero-order valence-electron chi connectivity index (χ0n) is 14.9. The molecule has 1 amide bonds. The summed E-state index contributed by atoms with van der Waals surface area (Å²) < 4.78 is 3.43. The maximum Gasteiger partial charge on any atom is 0.415 e. The van der Waals surface area contributed by atoms with Crippen LogP contribution >= 0.6 is 0 Å². The summed E-state index contributed by atoms with van der Waals surface area (Å²) in [5.74, 6) is 0. The summed E-state index contributed by atoms with van der Waals surface area (Å²) in [5, 5.41) is 17.7. The molecule has 0 aliphatic carbocycles. The normalized spacial score (nSPS) is 13.9. The molecule has 1 fully saturated rings. The molecule has 138 valence electrons. The third kappa shape index (κ3) is 3.60. The lowest BCUT2D eigenvalue weighted by atomic mass is 9.92. The molecule has 1 aliphatic heterocycles. The van der Waals surface area contributed by atoms with Gasteiger partial charge in [-0.05, 0) is 24.5 Å². The number of fused-ring (bicyclic) bond motifs is 1. The highest BCUT2D eigenvalue weighted by atomic mass is 127. The summed E-state index contributed by atoms with van der Waals surface area (Å²) in [7, 11) is 1.89. The van der Waals surface area contributed by atoms with Crippen LogP contribution in [0.15, 0.2) is 48.7 Å². The Kier molecular flexibility index (Phi) is 5.60. The second-order valence-corrected chi connectivity index (χ2v) is 6.48. The Morgan fingerprint density at radius 1 is 1.33 bits per heavy atom. The zero-order valence-corrected chi connectivity index (χ0v) is 17.0. The SMILES string of the molecule is C[n+]1ccn(C(=O)N2CCC(=C(C#N)c3cccc4[nH]ncc34)CC2)c1.[I-]. The first-order chi connectivity index (χ1) is 12.7. The van der Waals surface area contributed by atoms with Crippen LogP contribution in [0.5, 0.6) is 0 Å². The Morgan fingerprint density at radius 3 is 2.78 bits per heavy atom. The van der Waals surface area contributed by atoms with Gasteiger partial charge < -0.3 is 28.9 Å². The average Bonchev–Trinajstić information content (AvgIpc) is 3.31. The number of H-pyrrole nitrogens is 1. The van der Waals surface area contributed by atoms with Crippen LogP contribution in [0.4, 0.5) is 4.79 Å². The van der Waals surface area contributed by atoms with Crippen LogP contribution in [0.1, 0.15) is 18.4 Å². The summed E-state index contributed by atoms with van der Waals surface area (Å²) in [6.07, 6.45) is 8.52. The maximum absolute atomic E-state index is 12.6. The fraction of sp³-hybridized carbons (Fsp3) is 0.263. The number of halogens is 1. The largest absolute Gasteiger partial charge is 1.00 e. The van der Waals surface area contributed by atoms with Crippen molar-refractivity contribution < 1.29 is 33.3 Å². The van der Waals surface area contributed by atoms with Gasteiger partial charge in [-0.2, -0.15) is 14.9 Å². The van der Waals surface area contributed by atoms with Gasteiger partial charge in [-0.15, -0.1) is 0 Å². The molecule has 0 saturated carbocycles. The van der Waals surface area contributed by atoms with Crippen LogP contribution in [0.25, 0.3) is 16.5 Å². The number of aromatic nitrogens is 4. The van der Waals surface area contributed by atoms with E-state index < -0.39 is 0 Å². The van der Waals surface area contributed by atoms with Gasteiger partial charge in [0.15, 0.2) is 0 Å². The number of amides is 1. The highest BCUT2D eigenvalue weighted by molar-refractivity contribution is 5.96. The smallest absolute Gasteiger partial charge is 0.415 e. The molecule has 7 nitrogen and oxygen atoms in total. The van der Waals surface area contributed by atoms with E-state index in [1.165, 1.54) is 0 Å². The van der Waals surface area contributed by atoms with E-state index in [-0.39, 0.29) is 30.0 Å². The molecular weight excluding hydrogens is 455 g/mol. The number of allylic oxidation sites excluding steroid dienone is 1. The minimum atomic E-state index is -0.0277. The van der Waals surface area contributed by atoms with Crippen LogP contribution in [0.3, 0.4) is 0 Å².